The first kappa shape index (κ1) is 25.0. The van der Waals surface area contributed by atoms with Gasteiger partial charge in [-0.15, -0.1) is 0 Å². The summed E-state index contributed by atoms with van der Waals surface area (Å²) in [6, 6.07) is -1.12. The maximum atomic E-state index is 12.8. The molecule has 7 nitrogen and oxygen atoms in total. The number of fused-ring (bicyclic) bond motifs is 7. The summed E-state index contributed by atoms with van der Waals surface area (Å²) in [7, 11) is 0. The minimum Gasteiger partial charge on any atom is -0.507 e. The number of carbonyl (C=O) groups is 3. The third-order valence-corrected chi connectivity index (χ3v) is 9.63. The molecule has 5 rings (SSSR count). The molecule has 0 aromatic heterocycles. The number of allylic oxidation sites excluding steroid dienone is 5. The van der Waals surface area contributed by atoms with Crippen LogP contribution in [-0.4, -0.2) is 46.5 Å². The van der Waals surface area contributed by atoms with Crippen molar-refractivity contribution in [2.24, 2.45) is 47.3 Å². The summed E-state index contributed by atoms with van der Waals surface area (Å²) in [4.78, 5) is 37.7. The number of hydrogen-bond donors (Lipinski definition) is 4. The van der Waals surface area contributed by atoms with Gasteiger partial charge in [-0.1, -0.05) is 44.6 Å². The summed E-state index contributed by atoms with van der Waals surface area (Å²) < 4.78 is 0. The van der Waals surface area contributed by atoms with E-state index in [1.54, 1.807) is 6.08 Å². The number of aliphatic hydroxyl groups excluding tert-OH is 2. The zero-order chi connectivity index (χ0) is 25.6. The van der Waals surface area contributed by atoms with E-state index in [2.05, 4.69) is 36.6 Å². The van der Waals surface area contributed by atoms with E-state index in [0.717, 1.165) is 18.8 Å². The Balaban J connectivity index is 1.47. The molecule has 2 amide bonds. The Bertz CT molecular complexity index is 1040. The summed E-state index contributed by atoms with van der Waals surface area (Å²) in [6.45, 7) is 4.85. The van der Waals surface area contributed by atoms with E-state index < -0.39 is 23.8 Å². The Morgan fingerprint density at radius 3 is 2.53 bits per heavy atom. The van der Waals surface area contributed by atoms with Gasteiger partial charge in [-0.3, -0.25) is 14.4 Å². The molecule has 0 aromatic rings. The Morgan fingerprint density at radius 1 is 1.00 bits per heavy atom. The van der Waals surface area contributed by atoms with Crippen molar-refractivity contribution in [1.82, 2.24) is 10.6 Å². The highest BCUT2D eigenvalue weighted by Gasteiger charge is 2.52. The van der Waals surface area contributed by atoms with Gasteiger partial charge in [0.05, 0.1) is 6.10 Å². The lowest BCUT2D eigenvalue weighted by Crippen LogP contribution is -2.42. The standard InChI is InChI=1S/C29H38N2O5/c1-3-17-15(2)13-21-19(17)8-9-20-18-5-4-6-25(34)30-12-11-24(33)27-28(35)26(29(36)31-27)23(32)10-7-16(18)14-22(20)21/h4,6-10,15-22,24,27,32-33H,3,5,11-14H2,1-2H3,(H,30,34)(H,31,36)/t15-,16-,17-,18+,19+,20-,21+,22+,24+,27+/m1/s1. The normalized spacial score (nSPS) is 42.7. The van der Waals surface area contributed by atoms with Gasteiger partial charge in [-0.2, -0.15) is 0 Å². The van der Waals surface area contributed by atoms with Crippen molar-refractivity contribution in [3.8, 4) is 0 Å². The van der Waals surface area contributed by atoms with E-state index in [9.17, 15) is 24.6 Å². The predicted molar refractivity (Wildman–Crippen MR) is 135 cm³/mol. The zero-order valence-corrected chi connectivity index (χ0v) is 21.1. The molecule has 2 saturated carbocycles. The molecule has 0 unspecified atom stereocenters. The molecule has 2 bridgehead atoms. The lowest BCUT2D eigenvalue weighted by molar-refractivity contribution is -0.118. The number of Topliss-reactive ketones (excluding diaryl/α,β-unsaturated/α-hetero) is 1. The van der Waals surface area contributed by atoms with Crippen LogP contribution >= 0.6 is 0 Å². The molecule has 0 aromatic carbocycles. The topological polar surface area (TPSA) is 116 Å². The molecule has 3 aliphatic carbocycles. The molecular weight excluding hydrogens is 456 g/mol. The second-order valence-corrected chi connectivity index (χ2v) is 11.4. The van der Waals surface area contributed by atoms with E-state index in [-0.39, 0.29) is 42.0 Å². The van der Waals surface area contributed by atoms with Crippen molar-refractivity contribution in [1.29, 1.82) is 0 Å². The van der Waals surface area contributed by atoms with Crippen molar-refractivity contribution in [3.05, 3.63) is 47.8 Å². The van der Waals surface area contributed by atoms with E-state index in [1.165, 1.54) is 18.9 Å². The molecule has 7 heteroatoms. The smallest absolute Gasteiger partial charge is 0.259 e. The van der Waals surface area contributed by atoms with Crippen LogP contribution in [0.5, 0.6) is 0 Å². The van der Waals surface area contributed by atoms with Crippen LogP contribution in [0.25, 0.3) is 0 Å². The molecule has 5 aliphatic rings. The summed E-state index contributed by atoms with van der Waals surface area (Å²) >= 11 is 0. The van der Waals surface area contributed by atoms with Gasteiger partial charge in [0.15, 0.2) is 5.78 Å². The molecule has 0 radical (unpaired) electrons. The molecule has 194 valence electrons. The van der Waals surface area contributed by atoms with Gasteiger partial charge < -0.3 is 20.8 Å². The molecule has 1 saturated heterocycles. The first-order chi connectivity index (χ1) is 17.3. The van der Waals surface area contributed by atoms with Gasteiger partial charge in [0.25, 0.3) is 5.91 Å². The second kappa shape index (κ2) is 10.0. The number of rotatable bonds is 1. The van der Waals surface area contributed by atoms with Crippen LogP contribution < -0.4 is 10.6 Å². The highest BCUT2D eigenvalue weighted by molar-refractivity contribution is 6.27. The van der Waals surface area contributed by atoms with Gasteiger partial charge in [-0.25, -0.2) is 0 Å². The highest BCUT2D eigenvalue weighted by Crippen LogP contribution is 2.59. The van der Waals surface area contributed by atoms with Crippen molar-refractivity contribution in [2.75, 3.05) is 6.54 Å². The lowest BCUT2D eigenvalue weighted by atomic mass is 9.69. The molecule has 0 spiro atoms. The van der Waals surface area contributed by atoms with Gasteiger partial charge >= 0.3 is 0 Å². The number of ketones is 1. The SMILES string of the molecule is CC[C@H]1[C@@H]2C=C[C@@H]3[C@H]4CC=CC(=O)NCC[C@H](O)[C@@H]5NC(=O)C(=C(O)C=C[C@@H]4C[C@@H]3[C@H]2C[C@H]1C)C5=O. The average molecular weight is 495 g/mol. The van der Waals surface area contributed by atoms with Crippen LogP contribution in [0.3, 0.4) is 0 Å². The van der Waals surface area contributed by atoms with Gasteiger partial charge in [0.2, 0.25) is 5.91 Å². The van der Waals surface area contributed by atoms with Crippen molar-refractivity contribution in [3.63, 3.8) is 0 Å². The number of hydrogen-bond acceptors (Lipinski definition) is 5. The molecule has 2 aliphatic heterocycles. The molecule has 3 fully saturated rings. The molecular formula is C29H38N2O5. The van der Waals surface area contributed by atoms with Crippen LogP contribution in [0, 0.1) is 47.3 Å². The van der Waals surface area contributed by atoms with E-state index >= 15 is 0 Å². The molecule has 36 heavy (non-hydrogen) atoms. The van der Waals surface area contributed by atoms with Crippen LogP contribution in [0.2, 0.25) is 0 Å². The first-order valence-electron chi connectivity index (χ1n) is 13.6. The molecule has 10 atom stereocenters. The maximum Gasteiger partial charge on any atom is 0.259 e. The summed E-state index contributed by atoms with van der Waals surface area (Å²) in [5.74, 6) is 2.24. The summed E-state index contributed by atoms with van der Waals surface area (Å²) in [5.41, 5.74) is -0.298. The molecule has 4 N–H and O–H groups in total. The van der Waals surface area contributed by atoms with Gasteiger partial charge in [0.1, 0.15) is 17.4 Å². The van der Waals surface area contributed by atoms with Crippen molar-refractivity contribution >= 4 is 17.6 Å². The van der Waals surface area contributed by atoms with E-state index in [1.807, 2.05) is 12.2 Å². The number of aliphatic hydroxyl groups is 2. The fourth-order valence-electron chi connectivity index (χ4n) is 7.94. The molecule has 2 heterocycles. The van der Waals surface area contributed by atoms with Gasteiger partial charge in [-0.05, 0) is 85.2 Å². The predicted octanol–water partition coefficient (Wildman–Crippen LogP) is 2.99. The van der Waals surface area contributed by atoms with Crippen LogP contribution in [-0.2, 0) is 14.4 Å². The van der Waals surface area contributed by atoms with Crippen molar-refractivity contribution in [2.45, 2.75) is 58.1 Å². The lowest BCUT2D eigenvalue weighted by Gasteiger charge is -2.35. The minimum absolute atomic E-state index is 0.110. The quantitative estimate of drug-likeness (QED) is 0.330. The van der Waals surface area contributed by atoms with E-state index in [0.29, 0.717) is 29.6 Å². The van der Waals surface area contributed by atoms with Crippen LogP contribution in [0.15, 0.2) is 47.8 Å². The van der Waals surface area contributed by atoms with Crippen molar-refractivity contribution < 1.29 is 24.6 Å². The zero-order valence-electron chi connectivity index (χ0n) is 21.1. The second-order valence-electron chi connectivity index (χ2n) is 11.4. The minimum atomic E-state index is -1.16. The number of carbonyl (C=O) groups excluding carboxylic acids is 3. The Kier molecular flexibility index (Phi) is 6.95. The average Bonchev–Trinajstić information content (AvgIpc) is 3.46. The highest BCUT2D eigenvalue weighted by atomic mass is 16.3. The van der Waals surface area contributed by atoms with Crippen LogP contribution in [0.4, 0.5) is 0 Å². The van der Waals surface area contributed by atoms with Crippen LogP contribution in [0.1, 0.15) is 46.0 Å². The summed E-state index contributed by atoms with van der Waals surface area (Å²) in [5, 5.41) is 26.4. The fourth-order valence-corrected chi connectivity index (χ4v) is 7.94. The Hall–Kier alpha value is -2.67. The third kappa shape index (κ3) is 4.36. The number of amides is 2. The monoisotopic (exact) mass is 494 g/mol. The third-order valence-electron chi connectivity index (χ3n) is 9.63. The maximum absolute atomic E-state index is 12.8. The fraction of sp³-hybridized carbons (Fsp3) is 0.621. The first-order valence-corrected chi connectivity index (χ1v) is 13.6. The summed E-state index contributed by atoms with van der Waals surface area (Å²) in [6.07, 6.45) is 14.9. The van der Waals surface area contributed by atoms with E-state index in [4.69, 9.17) is 0 Å². The van der Waals surface area contributed by atoms with Gasteiger partial charge in [0, 0.05) is 6.54 Å². The largest absolute Gasteiger partial charge is 0.507 e. The Labute approximate surface area is 212 Å². The Morgan fingerprint density at radius 2 is 1.75 bits per heavy atom. The number of nitrogens with one attached hydrogen (secondary N) is 2.